The molecule has 0 fully saturated rings. The fourth-order valence-corrected chi connectivity index (χ4v) is 2.31. The third kappa shape index (κ3) is 4.10. The smallest absolute Gasteiger partial charge is 0.256 e. The maximum absolute atomic E-state index is 12.9. The second-order valence-corrected chi connectivity index (χ2v) is 5.71. The fraction of sp³-hybridized carbons (Fsp3) is 0.0556. The first kappa shape index (κ1) is 16.9. The Bertz CT molecular complexity index is 898. The van der Waals surface area contributed by atoms with Crippen LogP contribution in [0.4, 0.5) is 21.7 Å². The Hall–Kier alpha value is -2.99. The number of carbonyl (C=O) groups excluding carboxylic acids is 1. The molecule has 0 spiro atoms. The summed E-state index contributed by atoms with van der Waals surface area (Å²) < 4.78 is 12.9. The standard InChI is InChI=1S/C18H14ClFN4O/c1-11-14(19)3-2-4-15(11)21-16-9-10-17(24-23-16)22-18(25)12-5-7-13(20)8-6-12/h2-10H,1H3,(H,21,23)(H,22,24,25). The first-order valence-corrected chi connectivity index (χ1v) is 7.83. The van der Waals surface area contributed by atoms with Crippen molar-refractivity contribution in [1.82, 2.24) is 10.2 Å². The van der Waals surface area contributed by atoms with E-state index in [1.165, 1.54) is 24.3 Å². The molecule has 0 unspecified atom stereocenters. The Kier molecular flexibility index (Phi) is 4.90. The number of halogens is 2. The Labute approximate surface area is 148 Å². The molecule has 25 heavy (non-hydrogen) atoms. The average molecular weight is 357 g/mol. The van der Waals surface area contributed by atoms with Gasteiger partial charge in [0.25, 0.3) is 5.91 Å². The number of aromatic nitrogens is 2. The van der Waals surface area contributed by atoms with Gasteiger partial charge in [0.1, 0.15) is 5.82 Å². The van der Waals surface area contributed by atoms with Crippen LogP contribution in [0.25, 0.3) is 0 Å². The molecule has 0 aliphatic carbocycles. The summed E-state index contributed by atoms with van der Waals surface area (Å²) in [7, 11) is 0. The van der Waals surface area contributed by atoms with Crippen LogP contribution in [-0.4, -0.2) is 16.1 Å². The van der Waals surface area contributed by atoms with Gasteiger partial charge in [0.05, 0.1) is 0 Å². The van der Waals surface area contributed by atoms with Gasteiger partial charge in [-0.3, -0.25) is 4.79 Å². The van der Waals surface area contributed by atoms with Crippen molar-refractivity contribution in [3.8, 4) is 0 Å². The lowest BCUT2D eigenvalue weighted by Gasteiger charge is -2.10. The van der Waals surface area contributed by atoms with Crippen LogP contribution in [0, 0.1) is 12.7 Å². The van der Waals surface area contributed by atoms with Gasteiger partial charge in [-0.2, -0.15) is 0 Å². The number of benzene rings is 2. The topological polar surface area (TPSA) is 66.9 Å². The van der Waals surface area contributed by atoms with Crippen molar-refractivity contribution in [2.45, 2.75) is 6.92 Å². The number of nitrogens with zero attached hydrogens (tertiary/aromatic N) is 2. The van der Waals surface area contributed by atoms with Crippen LogP contribution < -0.4 is 10.6 Å². The maximum Gasteiger partial charge on any atom is 0.256 e. The van der Waals surface area contributed by atoms with E-state index in [1.54, 1.807) is 12.1 Å². The Morgan fingerprint density at radius 3 is 2.36 bits per heavy atom. The molecular weight excluding hydrogens is 343 g/mol. The van der Waals surface area contributed by atoms with Crippen LogP contribution in [0.3, 0.4) is 0 Å². The van der Waals surface area contributed by atoms with E-state index in [0.29, 0.717) is 22.2 Å². The van der Waals surface area contributed by atoms with Crippen LogP contribution >= 0.6 is 11.6 Å². The zero-order chi connectivity index (χ0) is 17.8. The normalized spacial score (nSPS) is 10.4. The lowest BCUT2D eigenvalue weighted by Crippen LogP contribution is -2.13. The molecule has 2 aromatic carbocycles. The number of anilines is 3. The summed E-state index contributed by atoms with van der Waals surface area (Å²) in [5.74, 6) is 0.0246. The molecule has 126 valence electrons. The third-order valence-corrected chi connectivity index (χ3v) is 3.95. The van der Waals surface area contributed by atoms with Gasteiger partial charge in [0, 0.05) is 16.3 Å². The summed E-state index contributed by atoms with van der Waals surface area (Å²) in [4.78, 5) is 12.1. The van der Waals surface area contributed by atoms with Crippen LogP contribution in [0.15, 0.2) is 54.6 Å². The van der Waals surface area contributed by atoms with E-state index < -0.39 is 5.82 Å². The van der Waals surface area contributed by atoms with E-state index in [9.17, 15) is 9.18 Å². The summed E-state index contributed by atoms with van der Waals surface area (Å²) in [6.45, 7) is 1.90. The molecule has 1 aromatic heterocycles. The first-order valence-electron chi connectivity index (χ1n) is 7.46. The molecule has 0 saturated heterocycles. The highest BCUT2D eigenvalue weighted by atomic mass is 35.5. The summed E-state index contributed by atoms with van der Waals surface area (Å²) >= 11 is 6.08. The van der Waals surface area contributed by atoms with Crippen molar-refractivity contribution < 1.29 is 9.18 Å². The maximum atomic E-state index is 12.9. The van der Waals surface area contributed by atoms with Gasteiger partial charge in [-0.15, -0.1) is 10.2 Å². The molecule has 0 bridgehead atoms. The van der Waals surface area contributed by atoms with Gasteiger partial charge < -0.3 is 10.6 Å². The predicted molar refractivity (Wildman–Crippen MR) is 95.9 cm³/mol. The SMILES string of the molecule is Cc1c(Cl)cccc1Nc1ccc(NC(=O)c2ccc(F)cc2)nn1. The van der Waals surface area contributed by atoms with Crippen LogP contribution in [0.5, 0.6) is 0 Å². The first-order chi connectivity index (χ1) is 12.0. The molecule has 3 rings (SSSR count). The van der Waals surface area contributed by atoms with Crippen LogP contribution in [0.1, 0.15) is 15.9 Å². The monoisotopic (exact) mass is 356 g/mol. The van der Waals surface area contributed by atoms with Crippen molar-refractivity contribution in [1.29, 1.82) is 0 Å². The summed E-state index contributed by atoms with van der Waals surface area (Å²) in [6.07, 6.45) is 0. The fourth-order valence-electron chi connectivity index (χ4n) is 2.14. The minimum Gasteiger partial charge on any atom is -0.338 e. The molecule has 1 heterocycles. The van der Waals surface area contributed by atoms with Crippen LogP contribution in [0.2, 0.25) is 5.02 Å². The van der Waals surface area contributed by atoms with E-state index >= 15 is 0 Å². The van der Waals surface area contributed by atoms with Crippen molar-refractivity contribution in [2.24, 2.45) is 0 Å². The van der Waals surface area contributed by atoms with Gasteiger partial charge in [-0.25, -0.2) is 4.39 Å². The number of carbonyl (C=O) groups is 1. The van der Waals surface area contributed by atoms with E-state index in [0.717, 1.165) is 11.3 Å². The second-order valence-electron chi connectivity index (χ2n) is 5.30. The molecule has 0 aliphatic rings. The highest BCUT2D eigenvalue weighted by molar-refractivity contribution is 6.31. The minimum absolute atomic E-state index is 0.294. The van der Waals surface area contributed by atoms with Crippen molar-refractivity contribution in [2.75, 3.05) is 10.6 Å². The van der Waals surface area contributed by atoms with Gasteiger partial charge in [0.2, 0.25) is 0 Å². The predicted octanol–water partition coefficient (Wildman–Crippen LogP) is 4.57. The zero-order valence-electron chi connectivity index (χ0n) is 13.3. The van der Waals surface area contributed by atoms with E-state index in [1.807, 2.05) is 25.1 Å². The third-order valence-electron chi connectivity index (χ3n) is 3.54. The van der Waals surface area contributed by atoms with Crippen LogP contribution in [-0.2, 0) is 0 Å². The molecule has 1 amide bonds. The number of rotatable bonds is 4. The van der Waals surface area contributed by atoms with Gasteiger partial charge >= 0.3 is 0 Å². The largest absolute Gasteiger partial charge is 0.338 e. The average Bonchev–Trinajstić information content (AvgIpc) is 2.61. The molecule has 5 nitrogen and oxygen atoms in total. The van der Waals surface area contributed by atoms with Crippen molar-refractivity contribution in [3.63, 3.8) is 0 Å². The molecule has 0 radical (unpaired) electrons. The summed E-state index contributed by atoms with van der Waals surface area (Å²) in [5.41, 5.74) is 2.06. The molecule has 0 saturated carbocycles. The van der Waals surface area contributed by atoms with Crippen molar-refractivity contribution in [3.05, 3.63) is 76.6 Å². The lowest BCUT2D eigenvalue weighted by atomic mass is 10.2. The van der Waals surface area contributed by atoms with E-state index in [2.05, 4.69) is 20.8 Å². The van der Waals surface area contributed by atoms with Gasteiger partial charge in [-0.1, -0.05) is 17.7 Å². The minimum atomic E-state index is -0.400. The number of nitrogens with one attached hydrogen (secondary N) is 2. The Balaban J connectivity index is 1.69. The summed E-state index contributed by atoms with van der Waals surface area (Å²) in [6, 6.07) is 14.1. The van der Waals surface area contributed by atoms with Gasteiger partial charge in [-0.05, 0) is 61.0 Å². The molecular formula is C18H14ClFN4O. The lowest BCUT2D eigenvalue weighted by molar-refractivity contribution is 0.102. The van der Waals surface area contributed by atoms with Gasteiger partial charge in [0.15, 0.2) is 11.6 Å². The molecule has 3 aromatic rings. The van der Waals surface area contributed by atoms with E-state index in [4.69, 9.17) is 11.6 Å². The van der Waals surface area contributed by atoms with Crippen molar-refractivity contribution >= 4 is 34.8 Å². The summed E-state index contributed by atoms with van der Waals surface area (Å²) in [5, 5.41) is 14.4. The Morgan fingerprint density at radius 2 is 1.68 bits per heavy atom. The molecule has 0 aliphatic heterocycles. The molecule has 0 atom stereocenters. The Morgan fingerprint density at radius 1 is 1.00 bits per heavy atom. The number of hydrogen-bond donors (Lipinski definition) is 2. The zero-order valence-corrected chi connectivity index (χ0v) is 14.0. The second kappa shape index (κ2) is 7.27. The van der Waals surface area contributed by atoms with E-state index in [-0.39, 0.29) is 5.91 Å². The highest BCUT2D eigenvalue weighted by Gasteiger charge is 2.08. The number of hydrogen-bond acceptors (Lipinski definition) is 4. The highest BCUT2D eigenvalue weighted by Crippen LogP contribution is 2.25. The molecule has 7 heteroatoms. The number of amides is 1. The molecule has 2 N–H and O–H groups in total. The quantitative estimate of drug-likeness (QED) is 0.718.